The highest BCUT2D eigenvalue weighted by molar-refractivity contribution is 7.92. The number of carbonyl (C=O) groups excluding carboxylic acids is 1. The molecule has 0 atom stereocenters. The van der Waals surface area contributed by atoms with Gasteiger partial charge in [-0.05, 0) is 98.8 Å². The van der Waals surface area contributed by atoms with Crippen LogP contribution in [0.2, 0.25) is 0 Å². The number of nitrogens with one attached hydrogen (secondary N) is 2. The highest BCUT2D eigenvalue weighted by atomic mass is 32.2. The SMILES string of the molecule is Cc1cc(C)cc(NS(=O)(=O)c2cc(C(=O)Nc3ccc(S(=O)(=O)N4CCCCC4)cc3)ccc2C)c1. The Bertz CT molecular complexity index is 1510. The van der Waals surface area contributed by atoms with E-state index in [4.69, 9.17) is 0 Å². The maximum Gasteiger partial charge on any atom is 0.262 e. The second kappa shape index (κ2) is 10.6. The van der Waals surface area contributed by atoms with Gasteiger partial charge in [-0.1, -0.05) is 18.6 Å². The third-order valence-electron chi connectivity index (χ3n) is 6.28. The number of nitrogens with zero attached hydrogens (tertiary/aromatic N) is 1. The zero-order valence-electron chi connectivity index (χ0n) is 21.1. The number of amides is 1. The van der Waals surface area contributed by atoms with Crippen molar-refractivity contribution in [1.29, 1.82) is 0 Å². The van der Waals surface area contributed by atoms with E-state index in [1.807, 2.05) is 19.9 Å². The van der Waals surface area contributed by atoms with Gasteiger partial charge in [0, 0.05) is 30.0 Å². The molecule has 4 rings (SSSR count). The first-order valence-corrected chi connectivity index (χ1v) is 15.0. The van der Waals surface area contributed by atoms with Crippen LogP contribution in [-0.4, -0.2) is 40.1 Å². The molecule has 0 saturated carbocycles. The number of carbonyl (C=O) groups is 1. The monoisotopic (exact) mass is 541 g/mol. The Hall–Kier alpha value is -3.21. The second-order valence-electron chi connectivity index (χ2n) is 9.41. The van der Waals surface area contributed by atoms with Crippen LogP contribution in [0, 0.1) is 20.8 Å². The minimum absolute atomic E-state index is 0.00211. The molecule has 1 aliphatic rings. The molecule has 37 heavy (non-hydrogen) atoms. The summed E-state index contributed by atoms with van der Waals surface area (Å²) >= 11 is 0. The Morgan fingerprint density at radius 2 is 1.38 bits per heavy atom. The van der Waals surface area contributed by atoms with Crippen LogP contribution in [0.4, 0.5) is 11.4 Å². The van der Waals surface area contributed by atoms with Crippen molar-refractivity contribution >= 4 is 37.3 Å². The van der Waals surface area contributed by atoms with E-state index in [-0.39, 0.29) is 15.4 Å². The van der Waals surface area contributed by atoms with E-state index >= 15 is 0 Å². The zero-order chi connectivity index (χ0) is 26.8. The Morgan fingerprint density at radius 1 is 0.757 bits per heavy atom. The lowest BCUT2D eigenvalue weighted by Gasteiger charge is -2.25. The molecule has 3 aromatic carbocycles. The van der Waals surface area contributed by atoms with Crippen LogP contribution >= 0.6 is 0 Å². The fourth-order valence-corrected chi connectivity index (χ4v) is 7.27. The molecule has 0 unspecified atom stereocenters. The van der Waals surface area contributed by atoms with Crippen molar-refractivity contribution in [3.63, 3.8) is 0 Å². The molecule has 1 saturated heterocycles. The minimum atomic E-state index is -3.94. The molecule has 10 heteroatoms. The number of aryl methyl sites for hydroxylation is 3. The number of hydrogen-bond donors (Lipinski definition) is 2. The lowest BCUT2D eigenvalue weighted by atomic mass is 10.1. The van der Waals surface area contributed by atoms with Crippen LogP contribution in [0.5, 0.6) is 0 Å². The quantitative estimate of drug-likeness (QED) is 0.445. The van der Waals surface area contributed by atoms with Gasteiger partial charge in [-0.15, -0.1) is 0 Å². The molecular weight excluding hydrogens is 510 g/mol. The fraction of sp³-hybridized carbons (Fsp3) is 0.296. The van der Waals surface area contributed by atoms with Crippen LogP contribution in [0.25, 0.3) is 0 Å². The van der Waals surface area contributed by atoms with Gasteiger partial charge >= 0.3 is 0 Å². The number of piperidine rings is 1. The third kappa shape index (κ3) is 6.20. The Morgan fingerprint density at radius 3 is 2.00 bits per heavy atom. The molecule has 0 radical (unpaired) electrons. The lowest BCUT2D eigenvalue weighted by molar-refractivity contribution is 0.102. The molecule has 0 bridgehead atoms. The summed E-state index contributed by atoms with van der Waals surface area (Å²) < 4.78 is 56.1. The largest absolute Gasteiger partial charge is 0.322 e. The first-order chi connectivity index (χ1) is 17.5. The molecule has 2 N–H and O–H groups in total. The summed E-state index contributed by atoms with van der Waals surface area (Å²) in [6.07, 6.45) is 2.73. The van der Waals surface area contributed by atoms with Gasteiger partial charge in [-0.2, -0.15) is 4.31 Å². The number of hydrogen-bond acceptors (Lipinski definition) is 5. The summed E-state index contributed by atoms with van der Waals surface area (Å²) in [6, 6.07) is 15.9. The average molecular weight is 542 g/mol. The van der Waals surface area contributed by atoms with E-state index < -0.39 is 26.0 Å². The van der Waals surface area contributed by atoms with E-state index in [1.54, 1.807) is 31.2 Å². The van der Waals surface area contributed by atoms with Gasteiger partial charge in [0.1, 0.15) is 0 Å². The van der Waals surface area contributed by atoms with Gasteiger partial charge in [0.05, 0.1) is 9.79 Å². The fourth-order valence-electron chi connectivity index (χ4n) is 4.44. The number of sulfonamides is 2. The Kier molecular flexibility index (Phi) is 7.72. The molecule has 196 valence electrons. The van der Waals surface area contributed by atoms with E-state index in [0.717, 1.165) is 30.4 Å². The molecule has 1 fully saturated rings. The Balaban J connectivity index is 1.51. The number of rotatable bonds is 7. The summed E-state index contributed by atoms with van der Waals surface area (Å²) in [4.78, 5) is 13.1. The summed E-state index contributed by atoms with van der Waals surface area (Å²) in [5, 5.41) is 2.72. The first kappa shape index (κ1) is 26.8. The maximum absolute atomic E-state index is 13.1. The van der Waals surface area contributed by atoms with Gasteiger partial charge in [0.2, 0.25) is 10.0 Å². The highest BCUT2D eigenvalue weighted by Gasteiger charge is 2.26. The normalized spacial score (nSPS) is 14.8. The Labute approximate surface area is 218 Å². The zero-order valence-corrected chi connectivity index (χ0v) is 22.7. The number of benzene rings is 3. The van der Waals surface area contributed by atoms with Crippen LogP contribution in [0.1, 0.15) is 46.3 Å². The predicted molar refractivity (Wildman–Crippen MR) is 145 cm³/mol. The van der Waals surface area contributed by atoms with Gasteiger partial charge < -0.3 is 5.32 Å². The standard InChI is InChI=1S/C27H31N3O5S2/c1-19-15-20(2)17-24(16-19)29-36(32,33)26-18-22(8-7-21(26)3)27(31)28-23-9-11-25(12-10-23)37(34,35)30-13-5-4-6-14-30/h7-12,15-18,29H,4-6,13-14H2,1-3H3,(H,28,31). The maximum atomic E-state index is 13.1. The molecule has 1 amide bonds. The van der Waals surface area contributed by atoms with Crippen molar-refractivity contribution in [2.75, 3.05) is 23.1 Å². The average Bonchev–Trinajstić information content (AvgIpc) is 2.84. The van der Waals surface area contributed by atoms with Crippen molar-refractivity contribution in [2.45, 2.75) is 49.8 Å². The van der Waals surface area contributed by atoms with Gasteiger partial charge in [-0.3, -0.25) is 9.52 Å². The molecule has 0 aliphatic carbocycles. The van der Waals surface area contributed by atoms with Crippen molar-refractivity contribution in [3.8, 4) is 0 Å². The van der Waals surface area contributed by atoms with E-state index in [2.05, 4.69) is 10.0 Å². The van der Waals surface area contributed by atoms with Crippen LogP contribution < -0.4 is 10.0 Å². The van der Waals surface area contributed by atoms with Crippen LogP contribution in [0.3, 0.4) is 0 Å². The second-order valence-corrected chi connectivity index (χ2v) is 13.0. The van der Waals surface area contributed by atoms with Gasteiger partial charge in [0.25, 0.3) is 15.9 Å². The van der Waals surface area contributed by atoms with E-state index in [0.29, 0.717) is 30.0 Å². The lowest BCUT2D eigenvalue weighted by Crippen LogP contribution is -2.35. The smallest absolute Gasteiger partial charge is 0.262 e. The topological polar surface area (TPSA) is 113 Å². The molecule has 0 aromatic heterocycles. The van der Waals surface area contributed by atoms with Crippen LogP contribution in [0.15, 0.2) is 70.5 Å². The minimum Gasteiger partial charge on any atom is -0.322 e. The molecule has 3 aromatic rings. The summed E-state index contributed by atoms with van der Waals surface area (Å²) in [6.45, 7) is 6.46. The summed E-state index contributed by atoms with van der Waals surface area (Å²) in [5.74, 6) is -0.505. The van der Waals surface area contributed by atoms with Gasteiger partial charge in [-0.25, -0.2) is 16.8 Å². The van der Waals surface area contributed by atoms with Crippen molar-refractivity contribution in [1.82, 2.24) is 4.31 Å². The molecular formula is C27H31N3O5S2. The van der Waals surface area contributed by atoms with E-state index in [9.17, 15) is 21.6 Å². The summed E-state index contributed by atoms with van der Waals surface area (Å²) in [5.41, 5.74) is 3.37. The predicted octanol–water partition coefficient (Wildman–Crippen LogP) is 4.84. The molecule has 1 heterocycles. The summed E-state index contributed by atoms with van der Waals surface area (Å²) in [7, 11) is -7.51. The molecule has 8 nitrogen and oxygen atoms in total. The first-order valence-electron chi connectivity index (χ1n) is 12.1. The van der Waals surface area contributed by atoms with Crippen molar-refractivity contribution in [3.05, 3.63) is 82.9 Å². The van der Waals surface area contributed by atoms with Crippen LogP contribution in [-0.2, 0) is 20.0 Å². The third-order valence-corrected chi connectivity index (χ3v) is 9.71. The van der Waals surface area contributed by atoms with Gasteiger partial charge in [0.15, 0.2) is 0 Å². The van der Waals surface area contributed by atoms with Crippen molar-refractivity contribution < 1.29 is 21.6 Å². The molecule has 0 spiro atoms. The molecule has 1 aliphatic heterocycles. The number of anilines is 2. The van der Waals surface area contributed by atoms with Crippen molar-refractivity contribution in [2.24, 2.45) is 0 Å². The highest BCUT2D eigenvalue weighted by Crippen LogP contribution is 2.25. The van der Waals surface area contributed by atoms with E-state index in [1.165, 1.54) is 34.6 Å².